The zero-order valence-electron chi connectivity index (χ0n) is 17.4. The summed E-state index contributed by atoms with van der Waals surface area (Å²) in [4.78, 5) is 48.9. The smallest absolute Gasteiger partial charge is 0.242 e. The molecule has 0 radical (unpaired) electrons. The number of hydrogen-bond donors (Lipinski definition) is 2. The molecular formula is C19H33N3O6S. The Morgan fingerprint density at radius 3 is 2.55 bits per heavy atom. The topological polar surface area (TPSA) is 114 Å². The van der Waals surface area contributed by atoms with E-state index in [1.807, 2.05) is 6.92 Å². The minimum absolute atomic E-state index is 0.00361. The average Bonchev–Trinajstić information content (AvgIpc) is 2.96. The first-order chi connectivity index (χ1) is 14.0. The van der Waals surface area contributed by atoms with Gasteiger partial charge in [-0.15, -0.1) is 11.8 Å². The van der Waals surface area contributed by atoms with E-state index in [9.17, 15) is 19.2 Å². The highest BCUT2D eigenvalue weighted by Crippen LogP contribution is 2.24. The molecule has 166 valence electrons. The third-order valence-electron chi connectivity index (χ3n) is 4.20. The van der Waals surface area contributed by atoms with Crippen molar-refractivity contribution >= 4 is 35.4 Å². The van der Waals surface area contributed by atoms with Crippen LogP contribution in [0.25, 0.3) is 0 Å². The molecule has 9 nitrogen and oxygen atoms in total. The lowest BCUT2D eigenvalue weighted by molar-refractivity contribution is -0.138. The van der Waals surface area contributed by atoms with Crippen molar-refractivity contribution in [2.24, 2.45) is 0 Å². The standard InChI is InChI=1S/C19H33N3O6S/c1-3-5-16(23)21-8-13-29-15-14-18(25)22(19(15)26)9-6-17(24)20-7-4-10-28-12-11-27-2/h15H,3-14H2,1-2H3,(H,20,24)(H,21,23). The Morgan fingerprint density at radius 1 is 1.10 bits per heavy atom. The second-order valence-electron chi connectivity index (χ2n) is 6.61. The Morgan fingerprint density at radius 2 is 1.83 bits per heavy atom. The third-order valence-corrected chi connectivity index (χ3v) is 5.42. The van der Waals surface area contributed by atoms with Crippen molar-refractivity contribution in [1.82, 2.24) is 15.5 Å². The lowest BCUT2D eigenvalue weighted by Crippen LogP contribution is -2.36. The Bertz CT molecular complexity index is 546. The number of carbonyl (C=O) groups is 4. The number of amides is 4. The van der Waals surface area contributed by atoms with E-state index in [1.54, 1.807) is 7.11 Å². The van der Waals surface area contributed by atoms with E-state index >= 15 is 0 Å². The van der Waals surface area contributed by atoms with E-state index in [0.717, 1.165) is 6.42 Å². The molecule has 1 rings (SSSR count). The van der Waals surface area contributed by atoms with Crippen molar-refractivity contribution < 1.29 is 28.7 Å². The van der Waals surface area contributed by atoms with Gasteiger partial charge in [-0.3, -0.25) is 24.1 Å². The number of nitrogens with one attached hydrogen (secondary N) is 2. The van der Waals surface area contributed by atoms with Crippen molar-refractivity contribution in [2.45, 2.75) is 44.3 Å². The van der Waals surface area contributed by atoms with Gasteiger partial charge in [0, 0.05) is 58.4 Å². The Hall–Kier alpha value is -1.65. The lowest BCUT2D eigenvalue weighted by atomic mass is 10.3. The summed E-state index contributed by atoms with van der Waals surface area (Å²) in [5, 5.41) is 5.11. The molecule has 1 aliphatic heterocycles. The monoisotopic (exact) mass is 431 g/mol. The van der Waals surface area contributed by atoms with E-state index in [1.165, 1.54) is 16.7 Å². The Balaban J connectivity index is 2.17. The van der Waals surface area contributed by atoms with Gasteiger partial charge < -0.3 is 20.1 Å². The van der Waals surface area contributed by atoms with Gasteiger partial charge >= 0.3 is 0 Å². The largest absolute Gasteiger partial charge is 0.382 e. The van der Waals surface area contributed by atoms with Gasteiger partial charge in [-0.05, 0) is 12.8 Å². The number of imide groups is 1. The Labute approximate surface area is 176 Å². The Kier molecular flexibility index (Phi) is 13.3. The first-order valence-corrected chi connectivity index (χ1v) is 11.1. The van der Waals surface area contributed by atoms with Gasteiger partial charge in [-0.2, -0.15) is 0 Å². The van der Waals surface area contributed by atoms with Gasteiger partial charge in [-0.25, -0.2) is 0 Å². The van der Waals surface area contributed by atoms with E-state index in [4.69, 9.17) is 9.47 Å². The highest BCUT2D eigenvalue weighted by Gasteiger charge is 2.38. The van der Waals surface area contributed by atoms with E-state index < -0.39 is 5.25 Å². The second-order valence-corrected chi connectivity index (χ2v) is 7.92. The van der Waals surface area contributed by atoms with Crippen LogP contribution < -0.4 is 10.6 Å². The molecule has 4 amide bonds. The number of thioether (sulfide) groups is 1. The molecule has 1 fully saturated rings. The zero-order valence-corrected chi connectivity index (χ0v) is 18.2. The second kappa shape index (κ2) is 15.2. The van der Waals surface area contributed by atoms with E-state index in [-0.39, 0.29) is 43.0 Å². The fraction of sp³-hybridized carbons (Fsp3) is 0.789. The minimum atomic E-state index is -0.433. The predicted octanol–water partition coefficient (Wildman–Crippen LogP) is 0.323. The highest BCUT2D eigenvalue weighted by molar-refractivity contribution is 8.00. The van der Waals surface area contributed by atoms with Gasteiger partial charge in [0.15, 0.2) is 0 Å². The summed E-state index contributed by atoms with van der Waals surface area (Å²) in [7, 11) is 1.61. The molecule has 10 heteroatoms. The van der Waals surface area contributed by atoms with Gasteiger partial charge in [0.05, 0.1) is 18.5 Å². The fourth-order valence-electron chi connectivity index (χ4n) is 2.67. The average molecular weight is 432 g/mol. The first kappa shape index (κ1) is 25.4. The number of methoxy groups -OCH3 is 1. The molecule has 0 aromatic carbocycles. The van der Waals surface area contributed by atoms with Crippen LogP contribution in [-0.4, -0.2) is 86.1 Å². The zero-order chi connectivity index (χ0) is 21.5. The number of hydrogen-bond acceptors (Lipinski definition) is 7. The van der Waals surface area contributed by atoms with Crippen molar-refractivity contribution in [3.05, 3.63) is 0 Å². The third kappa shape index (κ3) is 10.6. The van der Waals surface area contributed by atoms with E-state index in [0.29, 0.717) is 51.5 Å². The summed E-state index contributed by atoms with van der Waals surface area (Å²) in [5.41, 5.74) is 0. The molecule has 29 heavy (non-hydrogen) atoms. The fourth-order valence-corrected chi connectivity index (χ4v) is 3.71. The lowest BCUT2D eigenvalue weighted by Gasteiger charge is -2.15. The van der Waals surface area contributed by atoms with Crippen LogP contribution >= 0.6 is 11.8 Å². The summed E-state index contributed by atoms with van der Waals surface area (Å²) in [5.74, 6) is -0.130. The van der Waals surface area contributed by atoms with Gasteiger partial charge in [0.1, 0.15) is 0 Å². The van der Waals surface area contributed by atoms with Crippen LogP contribution in [0.5, 0.6) is 0 Å². The SMILES string of the molecule is CCCC(=O)NCCSC1CC(=O)N(CCC(=O)NCCCOCCOC)C1=O. The maximum Gasteiger partial charge on any atom is 0.242 e. The highest BCUT2D eigenvalue weighted by atomic mass is 32.2. The summed E-state index contributed by atoms with van der Waals surface area (Å²) in [6, 6.07) is 0. The van der Waals surface area contributed by atoms with Crippen molar-refractivity contribution in [1.29, 1.82) is 0 Å². The molecular weight excluding hydrogens is 398 g/mol. The van der Waals surface area contributed by atoms with Gasteiger partial charge in [-0.1, -0.05) is 6.92 Å². The molecule has 1 saturated heterocycles. The van der Waals surface area contributed by atoms with Crippen LogP contribution in [0.4, 0.5) is 0 Å². The van der Waals surface area contributed by atoms with Crippen molar-refractivity contribution in [3.63, 3.8) is 0 Å². The number of rotatable bonds is 16. The molecule has 1 heterocycles. The van der Waals surface area contributed by atoms with Crippen molar-refractivity contribution in [3.8, 4) is 0 Å². The maximum absolute atomic E-state index is 12.4. The van der Waals surface area contributed by atoms with Crippen LogP contribution in [-0.2, 0) is 28.7 Å². The molecule has 0 spiro atoms. The maximum atomic E-state index is 12.4. The molecule has 0 aromatic rings. The predicted molar refractivity (Wildman–Crippen MR) is 110 cm³/mol. The van der Waals surface area contributed by atoms with Crippen LogP contribution in [0, 0.1) is 0 Å². The summed E-state index contributed by atoms with van der Waals surface area (Å²) < 4.78 is 10.2. The molecule has 1 unspecified atom stereocenters. The summed E-state index contributed by atoms with van der Waals surface area (Å²) >= 11 is 1.37. The number of nitrogens with zero attached hydrogens (tertiary/aromatic N) is 1. The molecule has 2 N–H and O–H groups in total. The molecule has 0 bridgehead atoms. The molecule has 1 atom stereocenters. The number of likely N-dealkylation sites (tertiary alicyclic amines) is 1. The van der Waals surface area contributed by atoms with Crippen LogP contribution in [0.15, 0.2) is 0 Å². The molecule has 0 saturated carbocycles. The quantitative estimate of drug-likeness (QED) is 0.267. The number of carbonyl (C=O) groups excluding carboxylic acids is 4. The normalized spacial score (nSPS) is 16.3. The first-order valence-electron chi connectivity index (χ1n) is 10.1. The molecule has 1 aliphatic rings. The van der Waals surface area contributed by atoms with E-state index in [2.05, 4.69) is 10.6 Å². The summed E-state index contributed by atoms with van der Waals surface area (Å²) in [6.07, 6.45) is 2.20. The minimum Gasteiger partial charge on any atom is -0.382 e. The molecule has 0 aromatic heterocycles. The van der Waals surface area contributed by atoms with Gasteiger partial charge in [0.2, 0.25) is 23.6 Å². The van der Waals surface area contributed by atoms with Crippen LogP contribution in [0.1, 0.15) is 39.0 Å². The van der Waals surface area contributed by atoms with Crippen LogP contribution in [0.3, 0.4) is 0 Å². The number of ether oxygens (including phenoxy) is 2. The molecule has 0 aliphatic carbocycles. The van der Waals surface area contributed by atoms with Gasteiger partial charge in [0.25, 0.3) is 0 Å². The summed E-state index contributed by atoms with van der Waals surface area (Å²) in [6.45, 7) is 4.58. The van der Waals surface area contributed by atoms with Crippen LogP contribution in [0.2, 0.25) is 0 Å². The van der Waals surface area contributed by atoms with Crippen molar-refractivity contribution in [2.75, 3.05) is 52.3 Å².